The number of halogens is 5. The van der Waals surface area contributed by atoms with Crippen molar-refractivity contribution in [3.8, 4) is 16.9 Å². The smallest absolute Gasteiger partial charge is 0.425 e. The molecule has 3 rings (SSSR count). The molecule has 1 saturated carbocycles. The maximum absolute atomic E-state index is 14.4. The van der Waals surface area contributed by atoms with E-state index in [0.29, 0.717) is 11.5 Å². The van der Waals surface area contributed by atoms with Crippen molar-refractivity contribution in [2.45, 2.75) is 63.9 Å². The first-order valence-electron chi connectivity index (χ1n) is 10.6. The van der Waals surface area contributed by atoms with Gasteiger partial charge in [0.1, 0.15) is 0 Å². The van der Waals surface area contributed by atoms with Crippen LogP contribution in [0.1, 0.15) is 67.3 Å². The van der Waals surface area contributed by atoms with Crippen LogP contribution in [0.4, 0.5) is 22.0 Å². The fraction of sp³-hybridized carbons (Fsp3) is 0.458. The average Bonchev–Trinajstić information content (AvgIpc) is 2.75. The van der Waals surface area contributed by atoms with Gasteiger partial charge in [-0.1, -0.05) is 38.0 Å². The Labute approximate surface area is 189 Å². The summed E-state index contributed by atoms with van der Waals surface area (Å²) < 4.78 is 69.3. The Hall–Kier alpha value is -2.09. The molecule has 174 valence electrons. The summed E-state index contributed by atoms with van der Waals surface area (Å²) in [6, 6.07) is 8.32. The number of alkyl halides is 4. The lowest BCUT2D eigenvalue weighted by molar-refractivity contribution is -0.254. The van der Waals surface area contributed by atoms with E-state index in [4.69, 9.17) is 0 Å². The molecule has 0 saturated heterocycles. The van der Waals surface area contributed by atoms with Gasteiger partial charge in [0.05, 0.1) is 0 Å². The van der Waals surface area contributed by atoms with E-state index in [0.717, 1.165) is 55.7 Å². The molecule has 1 fully saturated rings. The highest BCUT2D eigenvalue weighted by molar-refractivity contribution is 7.97. The molecule has 2 aromatic carbocycles. The van der Waals surface area contributed by atoms with Gasteiger partial charge in [0, 0.05) is 5.56 Å². The molecule has 0 N–H and O–H groups in total. The van der Waals surface area contributed by atoms with Crippen molar-refractivity contribution in [2.75, 3.05) is 0 Å². The van der Waals surface area contributed by atoms with E-state index in [1.807, 2.05) is 6.07 Å². The lowest BCUT2D eigenvalue weighted by Crippen LogP contribution is -2.33. The maximum atomic E-state index is 14.4. The Morgan fingerprint density at radius 1 is 1.12 bits per heavy atom. The van der Waals surface area contributed by atoms with E-state index in [1.165, 1.54) is 12.5 Å². The lowest BCUT2D eigenvalue weighted by Gasteiger charge is -2.29. The Bertz CT molecular complexity index is 955. The molecule has 0 spiro atoms. The Kier molecular flexibility index (Phi) is 7.85. The van der Waals surface area contributed by atoms with Crippen LogP contribution in [-0.2, 0) is 0 Å². The fourth-order valence-electron chi connectivity index (χ4n) is 4.38. The number of carbonyl (C=O) groups excluding carboxylic acids is 1. The summed E-state index contributed by atoms with van der Waals surface area (Å²) in [7, 11) is 0. The number of carbonyl (C=O) groups is 1. The second kappa shape index (κ2) is 10.2. The number of rotatable bonds is 8. The SMILES string of the molecule is CCCC1CCC(c2ccc(C(=O)S)c(-c3ccc(OC(F)(F)C(F)F)c(F)c3)c2)CC1. The number of hydrogen-bond acceptors (Lipinski definition) is 2. The van der Waals surface area contributed by atoms with Gasteiger partial charge < -0.3 is 4.74 Å². The molecule has 0 atom stereocenters. The number of hydrogen-bond donors (Lipinski definition) is 1. The van der Waals surface area contributed by atoms with Gasteiger partial charge in [0.25, 0.3) is 0 Å². The molecule has 0 amide bonds. The third-order valence-corrected chi connectivity index (χ3v) is 6.27. The molecule has 0 bridgehead atoms. The summed E-state index contributed by atoms with van der Waals surface area (Å²) in [5, 5.41) is -0.525. The Morgan fingerprint density at radius 2 is 1.81 bits per heavy atom. The van der Waals surface area contributed by atoms with E-state index in [1.54, 1.807) is 12.1 Å². The van der Waals surface area contributed by atoms with Crippen molar-refractivity contribution in [3.63, 3.8) is 0 Å². The van der Waals surface area contributed by atoms with E-state index in [2.05, 4.69) is 24.3 Å². The van der Waals surface area contributed by atoms with Crippen LogP contribution in [0.5, 0.6) is 5.75 Å². The third kappa shape index (κ3) is 5.63. The quantitative estimate of drug-likeness (QED) is 0.312. The van der Waals surface area contributed by atoms with Crippen molar-refractivity contribution in [1.29, 1.82) is 0 Å². The third-order valence-electron chi connectivity index (χ3n) is 6.03. The minimum absolute atomic E-state index is 0.239. The van der Waals surface area contributed by atoms with Crippen molar-refractivity contribution in [3.05, 3.63) is 53.3 Å². The molecule has 2 nitrogen and oxygen atoms in total. The monoisotopic (exact) mass is 472 g/mol. The summed E-state index contributed by atoms with van der Waals surface area (Å²) in [5.74, 6) is -1.20. The first-order valence-corrected chi connectivity index (χ1v) is 11.1. The molecule has 2 aromatic rings. The maximum Gasteiger partial charge on any atom is 0.461 e. The second-order valence-electron chi connectivity index (χ2n) is 8.23. The van der Waals surface area contributed by atoms with Crippen LogP contribution in [0, 0.1) is 11.7 Å². The minimum Gasteiger partial charge on any atom is -0.425 e. The predicted octanol–water partition coefficient (Wildman–Crippen LogP) is 7.87. The molecule has 0 radical (unpaired) electrons. The van der Waals surface area contributed by atoms with Crippen molar-refractivity contribution < 1.29 is 31.5 Å². The van der Waals surface area contributed by atoms with E-state index < -0.39 is 29.2 Å². The number of ether oxygens (including phenoxy) is 1. The van der Waals surface area contributed by atoms with Crippen LogP contribution < -0.4 is 4.74 Å². The van der Waals surface area contributed by atoms with Crippen LogP contribution in [-0.4, -0.2) is 17.6 Å². The van der Waals surface area contributed by atoms with Gasteiger partial charge in [-0.3, -0.25) is 4.79 Å². The normalized spacial score (nSPS) is 19.2. The molecule has 0 unspecified atom stereocenters. The van der Waals surface area contributed by atoms with Gasteiger partial charge >= 0.3 is 12.5 Å². The summed E-state index contributed by atoms with van der Waals surface area (Å²) in [6.07, 6.45) is -2.26. The molecular weight excluding hydrogens is 447 g/mol. The molecular formula is C24H25F5O2S. The van der Waals surface area contributed by atoms with Gasteiger partial charge in [-0.2, -0.15) is 17.6 Å². The zero-order valence-electron chi connectivity index (χ0n) is 17.6. The first-order chi connectivity index (χ1) is 15.1. The highest BCUT2D eigenvalue weighted by Crippen LogP contribution is 2.40. The molecule has 32 heavy (non-hydrogen) atoms. The zero-order valence-corrected chi connectivity index (χ0v) is 18.5. The summed E-state index contributed by atoms with van der Waals surface area (Å²) in [5.41, 5.74) is 1.90. The molecule has 0 heterocycles. The molecule has 0 aromatic heterocycles. The Morgan fingerprint density at radius 3 is 2.38 bits per heavy atom. The van der Waals surface area contributed by atoms with Gasteiger partial charge in [0.15, 0.2) is 11.6 Å². The van der Waals surface area contributed by atoms with E-state index >= 15 is 0 Å². The zero-order chi connectivity index (χ0) is 23.5. The van der Waals surface area contributed by atoms with Crippen molar-refractivity contribution in [1.82, 2.24) is 0 Å². The summed E-state index contributed by atoms with van der Waals surface area (Å²) in [4.78, 5) is 12.0. The average molecular weight is 473 g/mol. The standard InChI is InChI=1S/C24H25F5O2S/c1-2-3-14-4-6-15(7-5-14)16-8-10-18(22(30)32)19(12-16)17-9-11-21(20(25)13-17)31-24(28,29)23(26)27/h8-15,23H,2-7H2,1H3,(H,30,32). The summed E-state index contributed by atoms with van der Waals surface area (Å²) >= 11 is 3.89. The number of benzene rings is 2. The number of thiol groups is 1. The van der Waals surface area contributed by atoms with Crippen molar-refractivity contribution >= 4 is 17.7 Å². The fourth-order valence-corrected chi connectivity index (χ4v) is 4.57. The Balaban J connectivity index is 1.90. The summed E-state index contributed by atoms with van der Waals surface area (Å²) in [6.45, 7) is 2.18. The predicted molar refractivity (Wildman–Crippen MR) is 116 cm³/mol. The molecule has 1 aliphatic carbocycles. The van der Waals surface area contributed by atoms with Gasteiger partial charge in [-0.05, 0) is 72.4 Å². The van der Waals surface area contributed by atoms with Gasteiger partial charge in [0.2, 0.25) is 5.12 Å². The largest absolute Gasteiger partial charge is 0.461 e. The molecule has 0 aliphatic heterocycles. The lowest BCUT2D eigenvalue weighted by atomic mass is 9.76. The topological polar surface area (TPSA) is 26.3 Å². The van der Waals surface area contributed by atoms with Gasteiger partial charge in [-0.25, -0.2) is 4.39 Å². The van der Waals surface area contributed by atoms with Crippen LogP contribution >= 0.6 is 12.6 Å². The van der Waals surface area contributed by atoms with Crippen molar-refractivity contribution in [2.24, 2.45) is 5.92 Å². The van der Waals surface area contributed by atoms with Crippen LogP contribution in [0.15, 0.2) is 36.4 Å². The van der Waals surface area contributed by atoms with E-state index in [-0.39, 0.29) is 11.1 Å². The highest BCUT2D eigenvalue weighted by Gasteiger charge is 2.44. The first kappa shape index (κ1) is 24.6. The molecule has 8 heteroatoms. The minimum atomic E-state index is -4.81. The molecule has 1 aliphatic rings. The van der Waals surface area contributed by atoms with Crippen LogP contribution in [0.2, 0.25) is 0 Å². The van der Waals surface area contributed by atoms with Crippen LogP contribution in [0.3, 0.4) is 0 Å². The highest BCUT2D eigenvalue weighted by atomic mass is 32.1. The van der Waals surface area contributed by atoms with E-state index in [9.17, 15) is 26.7 Å². The van der Waals surface area contributed by atoms with Crippen LogP contribution in [0.25, 0.3) is 11.1 Å². The second-order valence-corrected chi connectivity index (χ2v) is 8.63. The van der Waals surface area contributed by atoms with Gasteiger partial charge in [-0.15, -0.1) is 12.6 Å².